The molecule has 10 nitrogen and oxygen atoms in total. The zero-order valence-corrected chi connectivity index (χ0v) is 44.1. The number of hydrogen-bond acceptors (Lipinski definition) is 7. The van der Waals surface area contributed by atoms with Crippen molar-refractivity contribution in [1.82, 2.24) is 28.8 Å². The van der Waals surface area contributed by atoms with Gasteiger partial charge in [-0.3, -0.25) is 9.59 Å². The molecule has 3 aliphatic heterocycles. The molecule has 0 aliphatic carbocycles. The molecule has 374 valence electrons. The number of carbonyl (C=O) groups is 2. The van der Waals surface area contributed by atoms with Gasteiger partial charge in [-0.2, -0.15) is 0 Å². The summed E-state index contributed by atoms with van der Waals surface area (Å²) in [5.41, 5.74) is 17.3. The summed E-state index contributed by atoms with van der Waals surface area (Å²) >= 11 is 0. The molecule has 6 aromatic rings. The molecule has 0 bridgehead atoms. The third-order valence-electron chi connectivity index (χ3n) is 15.1. The summed E-state index contributed by atoms with van der Waals surface area (Å²) in [7, 11) is 6.26. The molecule has 1 unspecified atom stereocenters. The number of aromatic hydroxyl groups is 1. The minimum Gasteiger partial charge on any atom is -0.508 e. The van der Waals surface area contributed by atoms with Gasteiger partial charge >= 0.3 is 0 Å². The largest absolute Gasteiger partial charge is 0.508 e. The highest BCUT2D eigenvalue weighted by atomic mass is 16.5. The molecule has 0 saturated carbocycles. The molecule has 10 heteroatoms. The van der Waals surface area contributed by atoms with Crippen LogP contribution >= 0.6 is 0 Å². The number of likely N-dealkylation sites (tertiary alicyclic amines) is 1. The molecule has 1 amide bonds. The third kappa shape index (κ3) is 12.6. The number of rotatable bonds is 11. The predicted octanol–water partition coefficient (Wildman–Crippen LogP) is 11.8. The van der Waals surface area contributed by atoms with Crippen LogP contribution in [0.15, 0.2) is 110 Å². The molecular formula is C61H76N6O4. The molecule has 71 heavy (non-hydrogen) atoms. The van der Waals surface area contributed by atoms with E-state index in [1.165, 1.54) is 65.1 Å². The minimum atomic E-state index is 0.0266. The number of ether oxygens (including phenoxy) is 1. The van der Waals surface area contributed by atoms with Gasteiger partial charge in [0, 0.05) is 104 Å². The van der Waals surface area contributed by atoms with Gasteiger partial charge in [0.2, 0.25) is 5.88 Å². The van der Waals surface area contributed by atoms with Gasteiger partial charge in [-0.05, 0) is 182 Å². The number of amides is 1. The number of allylic oxidation sites excluding steroid dienone is 2. The summed E-state index contributed by atoms with van der Waals surface area (Å²) in [6.07, 6.45) is 7.84. The van der Waals surface area contributed by atoms with Crippen molar-refractivity contribution in [2.45, 2.75) is 106 Å². The van der Waals surface area contributed by atoms with Crippen molar-refractivity contribution in [1.29, 1.82) is 0 Å². The van der Waals surface area contributed by atoms with Gasteiger partial charge in [-0.25, -0.2) is 4.98 Å². The van der Waals surface area contributed by atoms with Crippen LogP contribution in [0.2, 0.25) is 0 Å². The van der Waals surface area contributed by atoms with Crippen LogP contribution in [0.1, 0.15) is 117 Å². The number of aromatic nitrogens is 3. The molecule has 3 aromatic carbocycles. The van der Waals surface area contributed by atoms with E-state index in [1.807, 2.05) is 63.2 Å². The molecule has 1 fully saturated rings. The van der Waals surface area contributed by atoms with E-state index in [2.05, 4.69) is 120 Å². The Balaban J connectivity index is 0.000000324. The van der Waals surface area contributed by atoms with Crippen LogP contribution in [0.4, 0.5) is 0 Å². The molecular weight excluding hydrogens is 881 g/mol. The standard InChI is InChI=1S/C44H53N5O3.C10H15N.C7H8O/c1-29(21-34-11-12-43(45-26-34)52-20-16-33-13-17-46(5)18-14-33)48-19-15-36-23-40(42-25-39(32(4)50)31(3)47(42)6)41(24-38(36)27-48)44(51)49-28-37-10-8-7-9-35(37)22-30(49)2;1-7(2)10-6-8(3)9(4)11(10)5;1-6-2-4-7(8)5-3-6/h7-12,23-26,30,33H,1,13-22,27-28H2,2-6H3;6H,1H2,2-5H3;2-5,8H,1H3. The number of hydrogen-bond donors (Lipinski definition) is 1. The van der Waals surface area contributed by atoms with Crippen LogP contribution in [-0.4, -0.2) is 84.9 Å². The lowest BCUT2D eigenvalue weighted by molar-refractivity contribution is 0.0658. The van der Waals surface area contributed by atoms with Crippen molar-refractivity contribution in [3.8, 4) is 22.9 Å². The fourth-order valence-corrected chi connectivity index (χ4v) is 10.1. The van der Waals surface area contributed by atoms with E-state index in [0.717, 1.165) is 71.1 Å². The lowest BCUT2D eigenvalue weighted by Crippen LogP contribution is -2.43. The second kappa shape index (κ2) is 23.1. The number of fused-ring (bicyclic) bond motifs is 2. The number of carbonyl (C=O) groups excluding carboxylic acids is 2. The van der Waals surface area contributed by atoms with E-state index >= 15 is 0 Å². The quantitative estimate of drug-likeness (QED) is 0.129. The molecule has 1 saturated heterocycles. The Labute approximate surface area is 423 Å². The first-order valence-corrected chi connectivity index (χ1v) is 25.3. The number of aryl methyl sites for hydroxylation is 2. The van der Waals surface area contributed by atoms with Crippen LogP contribution in [-0.2, 0) is 46.4 Å². The number of piperidine rings is 1. The van der Waals surface area contributed by atoms with Gasteiger partial charge in [-0.15, -0.1) is 0 Å². The molecule has 3 aliphatic rings. The van der Waals surface area contributed by atoms with Gasteiger partial charge < -0.3 is 33.7 Å². The molecule has 1 atom stereocenters. The van der Waals surface area contributed by atoms with Gasteiger partial charge in [0.1, 0.15) is 5.75 Å². The highest BCUT2D eigenvalue weighted by Crippen LogP contribution is 2.36. The monoisotopic (exact) mass is 957 g/mol. The maximum absolute atomic E-state index is 14.7. The number of nitrogens with zero attached hydrogens (tertiary/aromatic N) is 6. The van der Waals surface area contributed by atoms with Crippen LogP contribution < -0.4 is 4.74 Å². The van der Waals surface area contributed by atoms with Crippen molar-refractivity contribution < 1.29 is 19.4 Å². The summed E-state index contributed by atoms with van der Waals surface area (Å²) in [6.45, 7) is 27.6. The second-order valence-corrected chi connectivity index (χ2v) is 20.3. The van der Waals surface area contributed by atoms with Crippen molar-refractivity contribution in [3.05, 3.63) is 177 Å². The summed E-state index contributed by atoms with van der Waals surface area (Å²) in [6, 6.07) is 28.1. The van der Waals surface area contributed by atoms with Crippen molar-refractivity contribution in [2.24, 2.45) is 20.0 Å². The first-order chi connectivity index (χ1) is 33.9. The highest BCUT2D eigenvalue weighted by Gasteiger charge is 2.32. The number of benzene rings is 3. The van der Waals surface area contributed by atoms with Gasteiger partial charge in [-0.1, -0.05) is 61.2 Å². The Kier molecular flexibility index (Phi) is 16.9. The Hall–Kier alpha value is -6.65. The fraction of sp³-hybridized carbons (Fsp3) is 0.393. The molecule has 9 rings (SSSR count). The molecule has 1 N–H and O–H groups in total. The van der Waals surface area contributed by atoms with Crippen molar-refractivity contribution >= 4 is 17.3 Å². The van der Waals surface area contributed by atoms with Gasteiger partial charge in [0.25, 0.3) is 5.91 Å². The summed E-state index contributed by atoms with van der Waals surface area (Å²) in [4.78, 5) is 38.6. The average molecular weight is 957 g/mol. The van der Waals surface area contributed by atoms with Crippen LogP contribution in [0, 0.1) is 33.6 Å². The normalized spacial score (nSPS) is 15.7. The Morgan fingerprint density at radius 2 is 1.48 bits per heavy atom. The zero-order valence-electron chi connectivity index (χ0n) is 44.1. The Morgan fingerprint density at radius 1 is 0.775 bits per heavy atom. The Morgan fingerprint density at radius 3 is 2.07 bits per heavy atom. The highest BCUT2D eigenvalue weighted by molar-refractivity contribution is 6.03. The Bertz CT molecular complexity index is 2840. The zero-order chi connectivity index (χ0) is 51.1. The number of pyridine rings is 1. The summed E-state index contributed by atoms with van der Waals surface area (Å²) < 4.78 is 10.2. The van der Waals surface area contributed by atoms with Crippen LogP contribution in [0.25, 0.3) is 16.8 Å². The van der Waals surface area contributed by atoms with E-state index in [-0.39, 0.29) is 17.7 Å². The van der Waals surface area contributed by atoms with E-state index in [9.17, 15) is 9.59 Å². The van der Waals surface area contributed by atoms with Gasteiger partial charge in [0.05, 0.1) is 6.61 Å². The minimum absolute atomic E-state index is 0.0266. The van der Waals surface area contributed by atoms with Crippen LogP contribution in [0.5, 0.6) is 11.6 Å². The maximum atomic E-state index is 14.7. The lowest BCUT2D eigenvalue weighted by atomic mass is 9.89. The maximum Gasteiger partial charge on any atom is 0.255 e. The van der Waals surface area contributed by atoms with Gasteiger partial charge in [0.15, 0.2) is 5.78 Å². The molecule has 6 heterocycles. The van der Waals surface area contributed by atoms with Crippen molar-refractivity contribution in [2.75, 3.05) is 33.3 Å². The number of Topliss-reactive ketones (excluding diaryl/α,β-unsaturated/α-hetero) is 1. The van der Waals surface area contributed by atoms with E-state index in [1.54, 1.807) is 19.1 Å². The average Bonchev–Trinajstić information content (AvgIpc) is 3.81. The van der Waals surface area contributed by atoms with Crippen molar-refractivity contribution in [3.63, 3.8) is 0 Å². The summed E-state index contributed by atoms with van der Waals surface area (Å²) in [5, 5.41) is 8.76. The SMILES string of the molecule is C=C(C)c1cc(C)c(C)n1C.C=C(Cc1ccc(OCCC2CCN(C)CC2)nc1)N1CCc2cc(-c3cc(C(C)=O)c(C)n3C)c(C(=O)N3Cc4ccccc4CC3C)cc2C1.Cc1ccc(O)cc1. The van der Waals surface area contributed by atoms with E-state index < -0.39 is 0 Å². The van der Waals surface area contributed by atoms with E-state index in [0.29, 0.717) is 48.9 Å². The topological polar surface area (TPSA) is 96.1 Å². The van der Waals surface area contributed by atoms with E-state index in [4.69, 9.17) is 9.84 Å². The molecule has 0 radical (unpaired) electrons. The fourth-order valence-electron chi connectivity index (χ4n) is 10.1. The first-order valence-electron chi connectivity index (χ1n) is 25.3. The third-order valence-corrected chi connectivity index (χ3v) is 15.1. The molecule has 3 aromatic heterocycles. The smallest absolute Gasteiger partial charge is 0.255 e. The number of ketones is 1. The van der Waals surface area contributed by atoms with Crippen LogP contribution in [0.3, 0.4) is 0 Å². The first kappa shape index (κ1) is 52.2. The molecule has 0 spiro atoms. The summed E-state index contributed by atoms with van der Waals surface area (Å²) in [5.74, 6) is 1.80. The second-order valence-electron chi connectivity index (χ2n) is 20.3. The lowest BCUT2D eigenvalue weighted by Gasteiger charge is -2.36. The predicted molar refractivity (Wildman–Crippen MR) is 289 cm³/mol. The number of phenolic OH excluding ortho intramolecular Hbond substituents is 1. The number of phenols is 1.